The van der Waals surface area contributed by atoms with E-state index in [2.05, 4.69) is 10.2 Å². The molecule has 0 spiro atoms. The van der Waals surface area contributed by atoms with Gasteiger partial charge in [0.1, 0.15) is 0 Å². The van der Waals surface area contributed by atoms with Crippen molar-refractivity contribution in [2.75, 3.05) is 20.2 Å². The number of benzene rings is 1. The maximum absolute atomic E-state index is 14.1. The molecule has 0 saturated carbocycles. The van der Waals surface area contributed by atoms with E-state index in [1.807, 2.05) is 18.4 Å². The number of methoxy groups -OCH3 is 1. The number of fused-ring (bicyclic) bond motifs is 1. The zero-order valence-electron chi connectivity index (χ0n) is 17.8. The highest BCUT2D eigenvalue weighted by atomic mass is 19.1. The van der Waals surface area contributed by atoms with Gasteiger partial charge >= 0.3 is 0 Å². The molecule has 0 unspecified atom stereocenters. The van der Waals surface area contributed by atoms with Gasteiger partial charge < -0.3 is 24.2 Å². The predicted octanol–water partition coefficient (Wildman–Crippen LogP) is 1.37. The number of β-amino-alcohol motifs (C(OH)–C–C–N with tert-alkyl or cyclic N) is 1. The van der Waals surface area contributed by atoms with Gasteiger partial charge in [0, 0.05) is 37.5 Å². The third-order valence-corrected chi connectivity index (χ3v) is 5.82. The van der Waals surface area contributed by atoms with Gasteiger partial charge in [-0.15, -0.1) is 10.2 Å². The number of aliphatic hydroxyl groups excluding tert-OH is 1. The number of aromatic nitrogens is 3. The molecular weight excluding hydrogens is 405 g/mol. The molecule has 9 nitrogen and oxygen atoms in total. The average Bonchev–Trinajstić information content (AvgIpc) is 3.34. The van der Waals surface area contributed by atoms with Gasteiger partial charge in [-0.25, -0.2) is 4.39 Å². The van der Waals surface area contributed by atoms with E-state index in [1.54, 1.807) is 4.90 Å². The van der Waals surface area contributed by atoms with E-state index in [1.165, 1.54) is 24.1 Å². The van der Waals surface area contributed by atoms with Crippen LogP contribution in [-0.4, -0.2) is 67.8 Å². The molecule has 2 atom stereocenters. The minimum atomic E-state index is -0.715. The summed E-state index contributed by atoms with van der Waals surface area (Å²) in [6, 6.07) is 3.56. The van der Waals surface area contributed by atoms with Crippen LogP contribution in [0.4, 0.5) is 4.39 Å². The number of hydrogen-bond acceptors (Lipinski definition) is 6. The van der Waals surface area contributed by atoms with Crippen molar-refractivity contribution in [1.82, 2.24) is 24.6 Å². The highest BCUT2D eigenvalue weighted by molar-refractivity contribution is 5.95. The molecule has 2 aromatic rings. The van der Waals surface area contributed by atoms with Gasteiger partial charge in [0.05, 0.1) is 25.8 Å². The quantitative estimate of drug-likeness (QED) is 0.785. The first-order chi connectivity index (χ1) is 14.8. The number of ether oxygens (including phenoxy) is 1. The SMILES string of the molecule is COc1ccc(C(=O)N2C[C@@H](O)C[C@H]2c2nnc3n2CCN(C(=O)C(C)C)C3)cc1F. The second kappa shape index (κ2) is 8.26. The lowest BCUT2D eigenvalue weighted by Gasteiger charge is -2.31. The van der Waals surface area contributed by atoms with Crippen molar-refractivity contribution < 1.29 is 23.8 Å². The molecule has 0 radical (unpaired) electrons. The number of rotatable bonds is 4. The minimum Gasteiger partial charge on any atom is -0.494 e. The second-order valence-electron chi connectivity index (χ2n) is 8.25. The van der Waals surface area contributed by atoms with Crippen LogP contribution in [0.25, 0.3) is 0 Å². The first-order valence-corrected chi connectivity index (χ1v) is 10.3. The van der Waals surface area contributed by atoms with Crippen LogP contribution in [0.5, 0.6) is 5.75 Å². The molecule has 2 aliphatic heterocycles. The molecular formula is C21H26FN5O4. The summed E-state index contributed by atoms with van der Waals surface area (Å²) in [4.78, 5) is 28.7. The van der Waals surface area contributed by atoms with Crippen molar-refractivity contribution in [2.24, 2.45) is 5.92 Å². The van der Waals surface area contributed by atoms with Crippen LogP contribution in [0.3, 0.4) is 0 Å². The second-order valence-corrected chi connectivity index (χ2v) is 8.25. The summed E-state index contributed by atoms with van der Waals surface area (Å²) >= 11 is 0. The van der Waals surface area contributed by atoms with Crippen LogP contribution in [0.15, 0.2) is 18.2 Å². The highest BCUT2D eigenvalue weighted by Gasteiger charge is 2.40. The van der Waals surface area contributed by atoms with Crippen LogP contribution >= 0.6 is 0 Å². The lowest BCUT2D eigenvalue weighted by Crippen LogP contribution is -2.41. The first kappa shape index (κ1) is 21.2. The molecule has 166 valence electrons. The molecule has 1 N–H and O–H groups in total. The molecule has 2 amide bonds. The van der Waals surface area contributed by atoms with Crippen molar-refractivity contribution in [1.29, 1.82) is 0 Å². The Morgan fingerprint density at radius 1 is 1.26 bits per heavy atom. The van der Waals surface area contributed by atoms with Gasteiger partial charge in [-0.3, -0.25) is 9.59 Å². The molecule has 31 heavy (non-hydrogen) atoms. The van der Waals surface area contributed by atoms with Gasteiger partial charge in [-0.2, -0.15) is 0 Å². The Kier molecular flexibility index (Phi) is 5.65. The third-order valence-electron chi connectivity index (χ3n) is 5.82. The molecule has 1 saturated heterocycles. The lowest BCUT2D eigenvalue weighted by molar-refractivity contribution is -0.136. The van der Waals surface area contributed by atoms with E-state index in [9.17, 15) is 19.1 Å². The lowest BCUT2D eigenvalue weighted by atomic mass is 10.1. The van der Waals surface area contributed by atoms with Crippen LogP contribution in [0.1, 0.15) is 48.3 Å². The van der Waals surface area contributed by atoms with Crippen LogP contribution in [-0.2, 0) is 17.9 Å². The fraction of sp³-hybridized carbons (Fsp3) is 0.524. The van der Waals surface area contributed by atoms with Gasteiger partial charge in [-0.1, -0.05) is 13.8 Å². The van der Waals surface area contributed by atoms with Crippen LogP contribution in [0.2, 0.25) is 0 Å². The van der Waals surface area contributed by atoms with Crippen molar-refractivity contribution in [3.05, 3.63) is 41.2 Å². The Labute approximate surface area is 179 Å². The molecule has 10 heteroatoms. The largest absolute Gasteiger partial charge is 0.494 e. The van der Waals surface area contributed by atoms with E-state index < -0.39 is 23.9 Å². The summed E-state index contributed by atoms with van der Waals surface area (Å²) in [5.74, 6) is 0.223. The summed E-state index contributed by atoms with van der Waals surface area (Å²) in [5.41, 5.74) is 0.171. The summed E-state index contributed by atoms with van der Waals surface area (Å²) in [6.07, 6.45) is -0.399. The highest BCUT2D eigenvalue weighted by Crippen LogP contribution is 2.34. The maximum Gasteiger partial charge on any atom is 0.254 e. The molecule has 1 aromatic carbocycles. The number of nitrogens with zero attached hydrogens (tertiary/aromatic N) is 5. The van der Waals surface area contributed by atoms with Gasteiger partial charge in [0.2, 0.25) is 5.91 Å². The molecule has 2 aliphatic rings. The molecule has 1 fully saturated rings. The molecule has 4 rings (SSSR count). The van der Waals surface area contributed by atoms with E-state index in [-0.39, 0.29) is 29.7 Å². The zero-order chi connectivity index (χ0) is 22.3. The minimum absolute atomic E-state index is 0.0570. The smallest absolute Gasteiger partial charge is 0.254 e. The summed E-state index contributed by atoms with van der Waals surface area (Å²) in [7, 11) is 1.36. The molecule has 0 aliphatic carbocycles. The molecule has 0 bridgehead atoms. The van der Waals surface area contributed by atoms with Gasteiger partial charge in [-0.05, 0) is 18.2 Å². The van der Waals surface area contributed by atoms with Crippen molar-refractivity contribution >= 4 is 11.8 Å². The number of carbonyl (C=O) groups excluding carboxylic acids is 2. The molecule has 1 aromatic heterocycles. The maximum atomic E-state index is 14.1. The third kappa shape index (κ3) is 3.87. The summed E-state index contributed by atoms with van der Waals surface area (Å²) in [5, 5.41) is 18.8. The Hall–Kier alpha value is -3.01. The van der Waals surface area contributed by atoms with E-state index in [0.717, 1.165) is 6.07 Å². The normalized spacial score (nSPS) is 20.8. The fourth-order valence-corrected chi connectivity index (χ4v) is 4.23. The van der Waals surface area contributed by atoms with E-state index >= 15 is 0 Å². The topological polar surface area (TPSA) is 101 Å². The fourth-order valence-electron chi connectivity index (χ4n) is 4.23. The first-order valence-electron chi connectivity index (χ1n) is 10.3. The standard InChI is InChI=1S/C21H26FN5O4/c1-12(2)20(29)25-6-7-26-18(11-25)23-24-19(26)16-9-14(28)10-27(16)21(30)13-4-5-17(31-3)15(22)8-13/h4-5,8,12,14,16,28H,6-7,9-11H2,1-3H3/t14-,16-/m0/s1. The monoisotopic (exact) mass is 431 g/mol. The number of carbonyl (C=O) groups is 2. The summed E-state index contributed by atoms with van der Waals surface area (Å²) in [6.45, 7) is 5.25. The van der Waals surface area contributed by atoms with E-state index in [0.29, 0.717) is 37.7 Å². The van der Waals surface area contributed by atoms with Gasteiger partial charge in [0.25, 0.3) is 5.91 Å². The number of aliphatic hydroxyl groups is 1. The Morgan fingerprint density at radius 2 is 2.03 bits per heavy atom. The van der Waals surface area contributed by atoms with Crippen LogP contribution < -0.4 is 4.74 Å². The predicted molar refractivity (Wildman–Crippen MR) is 108 cm³/mol. The Morgan fingerprint density at radius 3 is 2.71 bits per heavy atom. The number of amides is 2. The Bertz CT molecular complexity index is 1010. The summed E-state index contributed by atoms with van der Waals surface area (Å²) < 4.78 is 21.0. The number of likely N-dealkylation sites (tertiary alicyclic amines) is 1. The van der Waals surface area contributed by atoms with E-state index in [4.69, 9.17) is 4.74 Å². The van der Waals surface area contributed by atoms with Gasteiger partial charge in [0.15, 0.2) is 23.2 Å². The van der Waals surface area contributed by atoms with Crippen molar-refractivity contribution in [3.63, 3.8) is 0 Å². The Balaban J connectivity index is 1.59. The van der Waals surface area contributed by atoms with Crippen molar-refractivity contribution in [2.45, 2.75) is 45.5 Å². The van der Waals surface area contributed by atoms with Crippen molar-refractivity contribution in [3.8, 4) is 5.75 Å². The average molecular weight is 431 g/mol. The number of halogens is 1. The zero-order valence-corrected chi connectivity index (χ0v) is 17.8. The van der Waals surface area contributed by atoms with Crippen LogP contribution in [0, 0.1) is 11.7 Å². The number of hydrogen-bond donors (Lipinski definition) is 1. The molecule has 3 heterocycles.